The highest BCUT2D eigenvalue weighted by molar-refractivity contribution is 5.85. The number of hydrogen-bond donors (Lipinski definition) is 2. The summed E-state index contributed by atoms with van der Waals surface area (Å²) in [6.07, 6.45) is 3.08. The summed E-state index contributed by atoms with van der Waals surface area (Å²) in [5.74, 6) is -1.46. The van der Waals surface area contributed by atoms with E-state index in [-0.39, 0.29) is 12.6 Å². The van der Waals surface area contributed by atoms with Gasteiger partial charge in [0.15, 0.2) is 0 Å². The topological polar surface area (TPSA) is 60.8 Å². The van der Waals surface area contributed by atoms with Gasteiger partial charge in [-0.3, -0.25) is 4.90 Å². The molecular formula is C16H22FNO3. The maximum absolute atomic E-state index is 13.3. The minimum atomic E-state index is -1.06. The summed E-state index contributed by atoms with van der Waals surface area (Å²) in [4.78, 5) is 12.8. The van der Waals surface area contributed by atoms with Gasteiger partial charge in [-0.1, -0.05) is 6.07 Å². The van der Waals surface area contributed by atoms with Crippen molar-refractivity contribution in [1.82, 2.24) is 4.90 Å². The number of aliphatic carboxylic acids is 1. The standard InChI is InChI=1S/C16H22FNO3/c1-12(2)18(8-3-9-19)11-14-4-6-15(17)10-13(14)5-7-16(20)21/h4-7,10,12,19H,3,8-9,11H2,1-2H3,(H,20,21). The van der Waals surface area contributed by atoms with Crippen LogP contribution in [-0.2, 0) is 11.3 Å². The lowest BCUT2D eigenvalue weighted by atomic mass is 10.1. The predicted octanol–water partition coefficient (Wildman–Crippen LogP) is 2.52. The smallest absolute Gasteiger partial charge is 0.328 e. The van der Waals surface area contributed by atoms with E-state index in [1.807, 2.05) is 13.8 Å². The Morgan fingerprint density at radius 3 is 2.71 bits per heavy atom. The molecule has 0 unspecified atom stereocenters. The molecule has 4 nitrogen and oxygen atoms in total. The van der Waals surface area contributed by atoms with Gasteiger partial charge in [0.2, 0.25) is 0 Å². The van der Waals surface area contributed by atoms with Crippen LogP contribution >= 0.6 is 0 Å². The van der Waals surface area contributed by atoms with Gasteiger partial charge in [0, 0.05) is 31.8 Å². The molecule has 5 heteroatoms. The molecule has 1 aromatic carbocycles. The van der Waals surface area contributed by atoms with Crippen LogP contribution < -0.4 is 0 Å². The van der Waals surface area contributed by atoms with E-state index >= 15 is 0 Å². The molecule has 0 heterocycles. The summed E-state index contributed by atoms with van der Waals surface area (Å²) in [5, 5.41) is 17.6. The highest BCUT2D eigenvalue weighted by Gasteiger charge is 2.12. The van der Waals surface area contributed by atoms with Crippen LogP contribution in [0.1, 0.15) is 31.4 Å². The molecule has 2 N–H and O–H groups in total. The molecule has 0 atom stereocenters. The van der Waals surface area contributed by atoms with E-state index in [2.05, 4.69) is 4.90 Å². The Morgan fingerprint density at radius 1 is 1.43 bits per heavy atom. The van der Waals surface area contributed by atoms with E-state index in [1.165, 1.54) is 18.2 Å². The number of halogens is 1. The third kappa shape index (κ3) is 6.06. The SMILES string of the molecule is CC(C)N(CCCO)Cc1ccc(F)cc1C=CC(=O)O. The summed E-state index contributed by atoms with van der Waals surface area (Å²) < 4.78 is 13.3. The monoisotopic (exact) mass is 295 g/mol. The fourth-order valence-corrected chi connectivity index (χ4v) is 2.04. The van der Waals surface area contributed by atoms with Crippen LogP contribution in [0.5, 0.6) is 0 Å². The number of carbonyl (C=O) groups is 1. The van der Waals surface area contributed by atoms with Gasteiger partial charge in [-0.2, -0.15) is 0 Å². The fourth-order valence-electron chi connectivity index (χ4n) is 2.04. The molecule has 0 fully saturated rings. The van der Waals surface area contributed by atoms with Gasteiger partial charge in [0.05, 0.1) is 0 Å². The normalized spacial score (nSPS) is 11.7. The van der Waals surface area contributed by atoms with E-state index < -0.39 is 11.8 Å². The van der Waals surface area contributed by atoms with E-state index in [4.69, 9.17) is 10.2 Å². The van der Waals surface area contributed by atoms with Gasteiger partial charge in [-0.15, -0.1) is 0 Å². The number of hydrogen-bond acceptors (Lipinski definition) is 3. The fraction of sp³-hybridized carbons (Fsp3) is 0.438. The molecule has 0 aliphatic heterocycles. The first kappa shape index (κ1) is 17.3. The molecule has 0 amide bonds. The van der Waals surface area contributed by atoms with Crippen molar-refractivity contribution in [3.63, 3.8) is 0 Å². The minimum Gasteiger partial charge on any atom is -0.478 e. The Hall–Kier alpha value is -1.72. The highest BCUT2D eigenvalue weighted by Crippen LogP contribution is 2.17. The van der Waals surface area contributed by atoms with Crippen LogP contribution in [0.2, 0.25) is 0 Å². The molecular weight excluding hydrogens is 273 g/mol. The first-order chi connectivity index (χ1) is 9.93. The molecule has 0 spiro atoms. The van der Waals surface area contributed by atoms with E-state index in [9.17, 15) is 9.18 Å². The average molecular weight is 295 g/mol. The van der Waals surface area contributed by atoms with Gasteiger partial charge in [0.1, 0.15) is 5.82 Å². The molecule has 0 saturated heterocycles. The number of rotatable bonds is 8. The van der Waals surface area contributed by atoms with Crippen molar-refractivity contribution >= 4 is 12.0 Å². The first-order valence-electron chi connectivity index (χ1n) is 6.98. The molecule has 1 rings (SSSR count). The number of carboxylic acids is 1. The Bertz CT molecular complexity index is 500. The average Bonchev–Trinajstić information content (AvgIpc) is 2.42. The molecule has 1 aromatic rings. The second-order valence-electron chi connectivity index (χ2n) is 5.16. The lowest BCUT2D eigenvalue weighted by molar-refractivity contribution is -0.131. The number of carboxylic acid groups (broad SMARTS) is 1. The molecule has 0 aromatic heterocycles. The Labute approximate surface area is 124 Å². The zero-order valence-corrected chi connectivity index (χ0v) is 12.4. The number of aliphatic hydroxyl groups excluding tert-OH is 1. The molecule has 0 saturated carbocycles. The summed E-state index contributed by atoms with van der Waals surface area (Å²) in [6, 6.07) is 4.65. The summed E-state index contributed by atoms with van der Waals surface area (Å²) in [6.45, 7) is 5.53. The van der Waals surface area contributed by atoms with Crippen LogP contribution in [0.15, 0.2) is 24.3 Å². The minimum absolute atomic E-state index is 0.123. The van der Waals surface area contributed by atoms with E-state index in [0.29, 0.717) is 18.5 Å². The largest absolute Gasteiger partial charge is 0.478 e. The van der Waals surface area contributed by atoms with E-state index in [1.54, 1.807) is 6.07 Å². The Morgan fingerprint density at radius 2 is 2.14 bits per heavy atom. The number of aliphatic hydroxyl groups is 1. The Kier molecular flexibility index (Phi) is 7.05. The third-order valence-corrected chi connectivity index (χ3v) is 3.22. The van der Waals surface area contributed by atoms with Gasteiger partial charge in [-0.25, -0.2) is 9.18 Å². The molecule has 0 aliphatic rings. The van der Waals surface area contributed by atoms with Gasteiger partial charge < -0.3 is 10.2 Å². The number of nitrogens with zero attached hydrogens (tertiary/aromatic N) is 1. The van der Waals surface area contributed by atoms with Crippen molar-refractivity contribution in [2.75, 3.05) is 13.2 Å². The molecule has 0 aliphatic carbocycles. The van der Waals surface area contributed by atoms with Crippen LogP contribution in [0.4, 0.5) is 4.39 Å². The number of benzene rings is 1. The molecule has 0 radical (unpaired) electrons. The van der Waals surface area contributed by atoms with Crippen molar-refractivity contribution in [2.45, 2.75) is 32.9 Å². The van der Waals surface area contributed by atoms with Crippen LogP contribution in [-0.4, -0.2) is 40.3 Å². The van der Waals surface area contributed by atoms with Crippen LogP contribution in [0.3, 0.4) is 0 Å². The van der Waals surface area contributed by atoms with Gasteiger partial charge >= 0.3 is 5.97 Å². The summed E-state index contributed by atoms with van der Waals surface area (Å²) in [5.41, 5.74) is 1.42. The third-order valence-electron chi connectivity index (χ3n) is 3.22. The lowest BCUT2D eigenvalue weighted by Gasteiger charge is -2.27. The van der Waals surface area contributed by atoms with Crippen LogP contribution in [0, 0.1) is 5.82 Å². The molecule has 21 heavy (non-hydrogen) atoms. The van der Waals surface area contributed by atoms with Crippen molar-refractivity contribution in [3.8, 4) is 0 Å². The molecule has 0 bridgehead atoms. The van der Waals surface area contributed by atoms with Crippen LogP contribution in [0.25, 0.3) is 6.08 Å². The Balaban J connectivity index is 2.96. The van der Waals surface area contributed by atoms with Gasteiger partial charge in [-0.05, 0) is 49.6 Å². The maximum atomic E-state index is 13.3. The van der Waals surface area contributed by atoms with Crippen molar-refractivity contribution in [3.05, 3.63) is 41.2 Å². The van der Waals surface area contributed by atoms with Crippen molar-refractivity contribution in [2.24, 2.45) is 0 Å². The maximum Gasteiger partial charge on any atom is 0.328 e. The second kappa shape index (κ2) is 8.54. The predicted molar refractivity (Wildman–Crippen MR) is 80.3 cm³/mol. The van der Waals surface area contributed by atoms with Crippen molar-refractivity contribution < 1.29 is 19.4 Å². The molecule has 116 valence electrons. The van der Waals surface area contributed by atoms with E-state index in [0.717, 1.165) is 18.2 Å². The zero-order chi connectivity index (χ0) is 15.8. The first-order valence-corrected chi connectivity index (χ1v) is 6.98. The zero-order valence-electron chi connectivity index (χ0n) is 12.4. The summed E-state index contributed by atoms with van der Waals surface area (Å²) >= 11 is 0. The highest BCUT2D eigenvalue weighted by atomic mass is 19.1. The quantitative estimate of drug-likeness (QED) is 0.723. The van der Waals surface area contributed by atoms with Crippen molar-refractivity contribution in [1.29, 1.82) is 0 Å². The summed E-state index contributed by atoms with van der Waals surface area (Å²) in [7, 11) is 0. The van der Waals surface area contributed by atoms with Gasteiger partial charge in [0.25, 0.3) is 0 Å². The lowest BCUT2D eigenvalue weighted by Crippen LogP contribution is -2.32. The second-order valence-corrected chi connectivity index (χ2v) is 5.16.